The standard InChI is InChI=1S/C22H36N4O2/c1-17(2)26(19-10-8-7-9-18(19)3)16-21(28)25-13-11-24(12-14-25)15-20(27)23-22(4,5)6/h7-10,17H,11-16H2,1-6H3,(H,23,27). The number of nitrogens with one attached hydrogen (secondary N) is 1. The van der Waals surface area contributed by atoms with Crippen molar-refractivity contribution >= 4 is 17.5 Å². The first-order valence-corrected chi connectivity index (χ1v) is 10.2. The molecule has 1 saturated heterocycles. The van der Waals surface area contributed by atoms with Crippen LogP contribution in [0.25, 0.3) is 0 Å². The molecule has 0 unspecified atom stereocenters. The van der Waals surface area contributed by atoms with Crippen LogP contribution in [0.4, 0.5) is 5.69 Å². The molecule has 0 radical (unpaired) electrons. The van der Waals surface area contributed by atoms with Gasteiger partial charge >= 0.3 is 0 Å². The average Bonchev–Trinajstić information content (AvgIpc) is 2.59. The minimum absolute atomic E-state index is 0.0396. The normalized spacial score (nSPS) is 15.6. The first kappa shape index (κ1) is 22.2. The molecule has 28 heavy (non-hydrogen) atoms. The number of anilines is 1. The predicted molar refractivity (Wildman–Crippen MR) is 115 cm³/mol. The Bertz CT molecular complexity index is 673. The van der Waals surface area contributed by atoms with Crippen LogP contribution in [0.2, 0.25) is 0 Å². The van der Waals surface area contributed by atoms with Gasteiger partial charge in [0.2, 0.25) is 11.8 Å². The summed E-state index contributed by atoms with van der Waals surface area (Å²) >= 11 is 0. The van der Waals surface area contributed by atoms with Crippen molar-refractivity contribution in [2.45, 2.75) is 53.1 Å². The van der Waals surface area contributed by atoms with E-state index in [4.69, 9.17) is 0 Å². The van der Waals surface area contributed by atoms with Gasteiger partial charge in [-0.1, -0.05) is 18.2 Å². The summed E-state index contributed by atoms with van der Waals surface area (Å²) in [6, 6.07) is 8.44. The quantitative estimate of drug-likeness (QED) is 0.812. The maximum atomic E-state index is 12.9. The fourth-order valence-electron chi connectivity index (χ4n) is 3.49. The lowest BCUT2D eigenvalue weighted by Crippen LogP contribution is -2.54. The Balaban J connectivity index is 1.89. The highest BCUT2D eigenvalue weighted by Crippen LogP contribution is 2.21. The molecule has 0 aliphatic carbocycles. The number of rotatable bonds is 6. The Morgan fingerprint density at radius 1 is 1.11 bits per heavy atom. The molecule has 1 aliphatic rings. The number of benzene rings is 1. The minimum atomic E-state index is -0.218. The molecular formula is C22H36N4O2. The van der Waals surface area contributed by atoms with E-state index in [-0.39, 0.29) is 23.4 Å². The summed E-state index contributed by atoms with van der Waals surface area (Å²) in [5, 5.41) is 2.99. The molecule has 1 fully saturated rings. The van der Waals surface area contributed by atoms with Crippen LogP contribution < -0.4 is 10.2 Å². The minimum Gasteiger partial charge on any atom is -0.360 e. The van der Waals surface area contributed by atoms with Gasteiger partial charge in [-0.3, -0.25) is 14.5 Å². The van der Waals surface area contributed by atoms with Crippen LogP contribution in [0, 0.1) is 6.92 Å². The Labute approximate surface area is 169 Å². The third-order valence-corrected chi connectivity index (χ3v) is 4.96. The van der Waals surface area contributed by atoms with Crippen LogP contribution in [0.5, 0.6) is 0 Å². The van der Waals surface area contributed by atoms with Gasteiger partial charge in [-0.15, -0.1) is 0 Å². The van der Waals surface area contributed by atoms with Crippen LogP contribution in [0.3, 0.4) is 0 Å². The van der Waals surface area contributed by atoms with E-state index in [1.165, 1.54) is 5.56 Å². The number of hydrogen-bond donors (Lipinski definition) is 1. The van der Waals surface area contributed by atoms with E-state index in [0.29, 0.717) is 26.2 Å². The molecule has 0 spiro atoms. The topological polar surface area (TPSA) is 55.9 Å². The van der Waals surface area contributed by atoms with Crippen molar-refractivity contribution in [2.24, 2.45) is 0 Å². The maximum Gasteiger partial charge on any atom is 0.242 e. The fourth-order valence-corrected chi connectivity index (χ4v) is 3.49. The molecule has 1 heterocycles. The van der Waals surface area contributed by atoms with Crippen LogP contribution in [-0.2, 0) is 9.59 Å². The molecule has 156 valence electrons. The maximum absolute atomic E-state index is 12.9. The van der Waals surface area contributed by atoms with Crippen molar-refractivity contribution in [3.63, 3.8) is 0 Å². The summed E-state index contributed by atoms with van der Waals surface area (Å²) in [6.07, 6.45) is 0. The van der Waals surface area contributed by atoms with E-state index in [9.17, 15) is 9.59 Å². The van der Waals surface area contributed by atoms with E-state index in [0.717, 1.165) is 18.8 Å². The number of nitrogens with zero attached hydrogens (tertiary/aromatic N) is 3. The second-order valence-electron chi connectivity index (χ2n) is 8.96. The summed E-state index contributed by atoms with van der Waals surface area (Å²) in [5.74, 6) is 0.188. The average molecular weight is 389 g/mol. The van der Waals surface area contributed by atoms with Gasteiger partial charge in [0.05, 0.1) is 13.1 Å². The largest absolute Gasteiger partial charge is 0.360 e. The van der Waals surface area contributed by atoms with E-state index in [1.807, 2.05) is 37.8 Å². The van der Waals surface area contributed by atoms with Crippen molar-refractivity contribution in [3.8, 4) is 0 Å². The molecule has 0 bridgehead atoms. The molecule has 1 aromatic carbocycles. The van der Waals surface area contributed by atoms with Gasteiger partial charge in [0.1, 0.15) is 0 Å². The van der Waals surface area contributed by atoms with Crippen molar-refractivity contribution in [1.82, 2.24) is 15.1 Å². The summed E-state index contributed by atoms with van der Waals surface area (Å²) < 4.78 is 0. The zero-order chi connectivity index (χ0) is 20.9. The Morgan fingerprint density at radius 3 is 2.25 bits per heavy atom. The molecule has 2 amide bonds. The van der Waals surface area contributed by atoms with Crippen molar-refractivity contribution in [3.05, 3.63) is 29.8 Å². The van der Waals surface area contributed by atoms with Crippen molar-refractivity contribution < 1.29 is 9.59 Å². The smallest absolute Gasteiger partial charge is 0.242 e. The lowest BCUT2D eigenvalue weighted by molar-refractivity contribution is -0.132. The molecule has 1 aromatic rings. The second kappa shape index (κ2) is 9.41. The summed E-state index contributed by atoms with van der Waals surface area (Å²) in [7, 11) is 0. The van der Waals surface area contributed by atoms with Gasteiger partial charge in [-0.2, -0.15) is 0 Å². The zero-order valence-electron chi connectivity index (χ0n) is 18.3. The molecule has 6 nitrogen and oxygen atoms in total. The van der Waals surface area contributed by atoms with Crippen LogP contribution >= 0.6 is 0 Å². The number of carbonyl (C=O) groups is 2. The van der Waals surface area contributed by atoms with Crippen LogP contribution in [-0.4, -0.2) is 72.5 Å². The third kappa shape index (κ3) is 6.51. The third-order valence-electron chi connectivity index (χ3n) is 4.96. The van der Waals surface area contributed by atoms with Gasteiger partial charge < -0.3 is 15.1 Å². The van der Waals surface area contributed by atoms with Crippen molar-refractivity contribution in [2.75, 3.05) is 44.2 Å². The molecule has 1 N–H and O–H groups in total. The number of carbonyl (C=O) groups excluding carboxylic acids is 2. The lowest BCUT2D eigenvalue weighted by Gasteiger charge is -2.37. The van der Waals surface area contributed by atoms with E-state index >= 15 is 0 Å². The molecule has 1 aliphatic heterocycles. The monoisotopic (exact) mass is 388 g/mol. The number of para-hydroxylation sites is 1. The van der Waals surface area contributed by atoms with E-state index in [1.54, 1.807) is 0 Å². The SMILES string of the molecule is Cc1ccccc1N(CC(=O)N1CCN(CC(=O)NC(C)(C)C)CC1)C(C)C. The van der Waals surface area contributed by atoms with Crippen LogP contribution in [0.15, 0.2) is 24.3 Å². The first-order chi connectivity index (χ1) is 13.1. The molecule has 6 heteroatoms. The van der Waals surface area contributed by atoms with E-state index < -0.39 is 0 Å². The summed E-state index contributed by atoms with van der Waals surface area (Å²) in [5.41, 5.74) is 2.08. The zero-order valence-corrected chi connectivity index (χ0v) is 18.3. The summed E-state index contributed by atoms with van der Waals surface area (Å²) in [4.78, 5) is 31.2. The molecule has 2 rings (SSSR count). The number of piperazine rings is 1. The highest BCUT2D eigenvalue weighted by atomic mass is 16.2. The lowest BCUT2D eigenvalue weighted by atomic mass is 10.1. The van der Waals surface area contributed by atoms with E-state index in [2.05, 4.69) is 48.0 Å². The van der Waals surface area contributed by atoms with Crippen molar-refractivity contribution in [1.29, 1.82) is 0 Å². The Hall–Kier alpha value is -2.08. The second-order valence-corrected chi connectivity index (χ2v) is 8.96. The first-order valence-electron chi connectivity index (χ1n) is 10.2. The van der Waals surface area contributed by atoms with Gasteiger partial charge in [0.25, 0.3) is 0 Å². The fraction of sp³-hybridized carbons (Fsp3) is 0.636. The predicted octanol–water partition coefficient (Wildman–Crippen LogP) is 2.27. The molecular weight excluding hydrogens is 352 g/mol. The molecule has 0 atom stereocenters. The summed E-state index contributed by atoms with van der Waals surface area (Å²) in [6.45, 7) is 15.8. The van der Waals surface area contributed by atoms with Gasteiger partial charge in [-0.05, 0) is 53.2 Å². The number of hydrogen-bond acceptors (Lipinski definition) is 4. The highest BCUT2D eigenvalue weighted by Gasteiger charge is 2.25. The highest BCUT2D eigenvalue weighted by molar-refractivity contribution is 5.82. The molecule has 0 saturated carbocycles. The van der Waals surface area contributed by atoms with Crippen LogP contribution in [0.1, 0.15) is 40.2 Å². The Morgan fingerprint density at radius 2 is 1.71 bits per heavy atom. The number of amides is 2. The molecule has 0 aromatic heterocycles. The van der Waals surface area contributed by atoms with Gasteiger partial charge in [-0.25, -0.2) is 0 Å². The Kier molecular flexibility index (Phi) is 7.47. The van der Waals surface area contributed by atoms with Gasteiger partial charge in [0, 0.05) is 43.4 Å². The number of aryl methyl sites for hydroxylation is 1. The van der Waals surface area contributed by atoms with Gasteiger partial charge in [0.15, 0.2) is 0 Å².